The van der Waals surface area contributed by atoms with E-state index in [1.807, 2.05) is 0 Å². The van der Waals surface area contributed by atoms with E-state index in [4.69, 9.17) is 24.3 Å². The average molecular weight is 1060 g/mol. The first kappa shape index (κ1) is 70.9. The van der Waals surface area contributed by atoms with Crippen LogP contribution < -0.4 is 5.73 Å². The van der Waals surface area contributed by atoms with Gasteiger partial charge in [-0.15, -0.1) is 0 Å². The summed E-state index contributed by atoms with van der Waals surface area (Å²) in [5.41, 5.74) is 5.37. The molecule has 3 N–H and O–H groups in total. The number of phosphoric acid groups is 1. The second kappa shape index (κ2) is 59.1. The van der Waals surface area contributed by atoms with Gasteiger partial charge in [-0.25, -0.2) is 4.57 Å². The quantitative estimate of drug-likeness (QED) is 0.0264. The standard InChI is InChI=1S/C65H106NO8P/c1-3-5-7-9-11-13-15-17-19-20-21-22-23-24-25-26-27-28-29-30-31-32-33-34-35-36-37-38-39-40-41-42-44-46-48-50-52-54-56-58-65(68)74-63(62-73-75(69,70)72-60-59-66)61-71-64(67)57-55-53-51-49-47-45-43-18-16-14-12-10-8-6-4-2/h5,7,11,13,17-19,21-22,24-25,27-28,30-31,33-34,36-37,39-40,42-44,63H,3-4,6,8-10,12,14-16,20,23,26,29,32,35,38,41,45-62,66H2,1-2H3,(H,69,70)/b7-5-,13-11-,19-17-,22-21-,25-24-,28-27-,31-30-,34-33-,37-36-,40-39-,43-18-,44-42-. The summed E-state index contributed by atoms with van der Waals surface area (Å²) in [6, 6.07) is 0. The highest BCUT2D eigenvalue weighted by atomic mass is 31.2. The molecule has 10 heteroatoms. The second-order valence-corrected chi connectivity index (χ2v) is 20.2. The van der Waals surface area contributed by atoms with Gasteiger partial charge in [-0.1, -0.05) is 230 Å². The number of carbonyl (C=O) groups excluding carboxylic acids is 2. The molecule has 2 atom stereocenters. The van der Waals surface area contributed by atoms with Crippen LogP contribution in [0.5, 0.6) is 0 Å². The van der Waals surface area contributed by atoms with Crippen LogP contribution in [0.3, 0.4) is 0 Å². The summed E-state index contributed by atoms with van der Waals surface area (Å²) in [6.45, 7) is 3.57. The number of hydrogen-bond acceptors (Lipinski definition) is 8. The Labute approximate surface area is 458 Å². The zero-order valence-electron chi connectivity index (χ0n) is 47.2. The minimum Gasteiger partial charge on any atom is -0.462 e. The van der Waals surface area contributed by atoms with Gasteiger partial charge in [-0.3, -0.25) is 18.6 Å². The van der Waals surface area contributed by atoms with Crippen molar-refractivity contribution in [2.75, 3.05) is 26.4 Å². The lowest BCUT2D eigenvalue weighted by atomic mass is 10.1. The van der Waals surface area contributed by atoms with Crippen LogP contribution in [0.2, 0.25) is 0 Å². The number of hydrogen-bond donors (Lipinski definition) is 2. The summed E-state index contributed by atoms with van der Waals surface area (Å²) >= 11 is 0. The molecule has 0 saturated heterocycles. The predicted molar refractivity (Wildman–Crippen MR) is 320 cm³/mol. The van der Waals surface area contributed by atoms with Crippen molar-refractivity contribution in [3.05, 3.63) is 146 Å². The van der Waals surface area contributed by atoms with Crippen molar-refractivity contribution in [2.45, 2.75) is 225 Å². The highest BCUT2D eigenvalue weighted by molar-refractivity contribution is 7.47. The normalized spacial score (nSPS) is 14.1. The number of allylic oxidation sites excluding steroid dienone is 24. The van der Waals surface area contributed by atoms with Crippen molar-refractivity contribution >= 4 is 19.8 Å². The molecular formula is C65H106NO8P. The molecule has 0 aromatic carbocycles. The molecule has 0 aromatic rings. The molecule has 0 saturated carbocycles. The molecule has 0 heterocycles. The van der Waals surface area contributed by atoms with Crippen molar-refractivity contribution in [3.8, 4) is 0 Å². The maximum atomic E-state index is 12.7. The Kier molecular flexibility index (Phi) is 55.9. The number of unbranched alkanes of at least 4 members (excludes halogenated alkanes) is 16. The highest BCUT2D eigenvalue weighted by Gasteiger charge is 2.26. The Morgan fingerprint density at radius 3 is 1.11 bits per heavy atom. The minimum atomic E-state index is -4.40. The van der Waals surface area contributed by atoms with Crippen LogP contribution in [-0.2, 0) is 32.7 Å². The maximum Gasteiger partial charge on any atom is 0.472 e. The molecule has 0 radical (unpaired) electrons. The first-order chi connectivity index (χ1) is 36.8. The van der Waals surface area contributed by atoms with E-state index in [0.717, 1.165) is 135 Å². The third-order valence-electron chi connectivity index (χ3n) is 11.7. The van der Waals surface area contributed by atoms with Crippen LogP contribution in [0.4, 0.5) is 0 Å². The Hall–Kier alpha value is -4.11. The van der Waals surface area contributed by atoms with Gasteiger partial charge in [0.05, 0.1) is 13.2 Å². The Morgan fingerprint density at radius 1 is 0.413 bits per heavy atom. The van der Waals surface area contributed by atoms with Crippen LogP contribution in [-0.4, -0.2) is 49.3 Å². The molecule has 0 aliphatic carbocycles. The molecule has 424 valence electrons. The van der Waals surface area contributed by atoms with E-state index in [9.17, 15) is 19.0 Å². The van der Waals surface area contributed by atoms with Gasteiger partial charge < -0.3 is 20.1 Å². The van der Waals surface area contributed by atoms with Crippen molar-refractivity contribution in [1.82, 2.24) is 0 Å². The first-order valence-electron chi connectivity index (χ1n) is 29.3. The van der Waals surface area contributed by atoms with Gasteiger partial charge in [0.15, 0.2) is 6.10 Å². The SMILES string of the molecule is CC/C=C\C/C=C\C/C=C\C/C=C\C/C=C\C/C=C\C/C=C\C/C=C\C/C=C\C/C=C\C/C=C\CCCCCCCC(=O)OC(COC(=O)CCCCCCC/C=C\CCCCCCCC)COP(=O)(O)OCCN. The van der Waals surface area contributed by atoms with Gasteiger partial charge in [0.1, 0.15) is 6.61 Å². The Morgan fingerprint density at radius 2 is 0.733 bits per heavy atom. The lowest BCUT2D eigenvalue weighted by Gasteiger charge is -2.19. The summed E-state index contributed by atoms with van der Waals surface area (Å²) in [6.07, 6.45) is 84.8. The number of nitrogens with two attached hydrogens (primary N) is 1. The Bertz CT molecular complexity index is 1730. The fourth-order valence-corrected chi connectivity index (χ4v) is 8.16. The maximum absolute atomic E-state index is 12.7. The van der Waals surface area contributed by atoms with Gasteiger partial charge in [-0.2, -0.15) is 0 Å². The lowest BCUT2D eigenvalue weighted by molar-refractivity contribution is -0.161. The van der Waals surface area contributed by atoms with Crippen LogP contribution >= 0.6 is 7.82 Å². The van der Waals surface area contributed by atoms with Crippen LogP contribution in [0, 0.1) is 0 Å². The Balaban J connectivity index is 4.06. The van der Waals surface area contributed by atoms with E-state index in [0.29, 0.717) is 12.8 Å². The molecular weight excluding hydrogens is 954 g/mol. The molecule has 0 amide bonds. The van der Waals surface area contributed by atoms with Crippen molar-refractivity contribution in [1.29, 1.82) is 0 Å². The number of ether oxygens (including phenoxy) is 2. The number of carbonyl (C=O) groups is 2. The summed E-state index contributed by atoms with van der Waals surface area (Å²) in [5, 5.41) is 0. The smallest absolute Gasteiger partial charge is 0.462 e. The zero-order chi connectivity index (χ0) is 54.5. The largest absolute Gasteiger partial charge is 0.472 e. The molecule has 9 nitrogen and oxygen atoms in total. The van der Waals surface area contributed by atoms with E-state index in [1.165, 1.54) is 44.9 Å². The topological polar surface area (TPSA) is 134 Å². The van der Waals surface area contributed by atoms with Crippen molar-refractivity contribution < 1.29 is 37.6 Å². The van der Waals surface area contributed by atoms with Crippen molar-refractivity contribution in [2.24, 2.45) is 5.73 Å². The molecule has 0 rings (SSSR count). The van der Waals surface area contributed by atoms with E-state index >= 15 is 0 Å². The lowest BCUT2D eigenvalue weighted by Crippen LogP contribution is -2.29. The molecule has 0 aromatic heterocycles. The zero-order valence-corrected chi connectivity index (χ0v) is 48.1. The van der Waals surface area contributed by atoms with E-state index in [-0.39, 0.29) is 32.6 Å². The number of esters is 2. The predicted octanol–water partition coefficient (Wildman–Crippen LogP) is 18.7. The molecule has 0 aliphatic heterocycles. The third-order valence-corrected chi connectivity index (χ3v) is 12.7. The first-order valence-corrected chi connectivity index (χ1v) is 30.8. The molecule has 0 spiro atoms. The van der Waals surface area contributed by atoms with Gasteiger partial charge >= 0.3 is 19.8 Å². The summed E-state index contributed by atoms with van der Waals surface area (Å²) in [7, 11) is -4.40. The van der Waals surface area contributed by atoms with Gasteiger partial charge in [0, 0.05) is 19.4 Å². The van der Waals surface area contributed by atoms with Crippen LogP contribution in [0.15, 0.2) is 146 Å². The monoisotopic (exact) mass is 1060 g/mol. The molecule has 0 fully saturated rings. The van der Waals surface area contributed by atoms with Crippen LogP contribution in [0.25, 0.3) is 0 Å². The van der Waals surface area contributed by atoms with Crippen LogP contribution in [0.1, 0.15) is 219 Å². The number of rotatable bonds is 53. The molecule has 0 aliphatic rings. The summed E-state index contributed by atoms with van der Waals surface area (Å²) in [5.74, 6) is -0.870. The highest BCUT2D eigenvalue weighted by Crippen LogP contribution is 2.43. The average Bonchev–Trinajstić information content (AvgIpc) is 3.40. The summed E-state index contributed by atoms with van der Waals surface area (Å²) in [4.78, 5) is 35.1. The number of phosphoric ester groups is 1. The van der Waals surface area contributed by atoms with Gasteiger partial charge in [0.25, 0.3) is 0 Å². The minimum absolute atomic E-state index is 0.0417. The van der Waals surface area contributed by atoms with Gasteiger partial charge in [-0.05, 0) is 122 Å². The second-order valence-electron chi connectivity index (χ2n) is 18.8. The third kappa shape index (κ3) is 59.0. The summed E-state index contributed by atoms with van der Waals surface area (Å²) < 4.78 is 32.9. The fraction of sp³-hybridized carbons (Fsp3) is 0.600. The fourth-order valence-electron chi connectivity index (χ4n) is 7.40. The van der Waals surface area contributed by atoms with Gasteiger partial charge in [0.2, 0.25) is 0 Å². The molecule has 2 unspecified atom stereocenters. The van der Waals surface area contributed by atoms with E-state index < -0.39 is 32.5 Å². The molecule has 0 bridgehead atoms. The molecule has 75 heavy (non-hydrogen) atoms. The van der Waals surface area contributed by atoms with E-state index in [1.54, 1.807) is 0 Å². The van der Waals surface area contributed by atoms with Crippen molar-refractivity contribution in [3.63, 3.8) is 0 Å². The van der Waals surface area contributed by atoms with E-state index in [2.05, 4.69) is 160 Å².